The first-order valence-electron chi connectivity index (χ1n) is 14.3. The van der Waals surface area contributed by atoms with Gasteiger partial charge in [-0.05, 0) is 55.0 Å². The number of benzene rings is 3. The summed E-state index contributed by atoms with van der Waals surface area (Å²) in [5.41, 5.74) is 8.73. The van der Waals surface area contributed by atoms with Crippen LogP contribution in [0, 0.1) is 0 Å². The lowest BCUT2D eigenvalue weighted by Gasteiger charge is -2.28. The quantitative estimate of drug-likeness (QED) is 0.263. The van der Waals surface area contributed by atoms with Crippen molar-refractivity contribution in [3.8, 4) is 5.75 Å². The summed E-state index contributed by atoms with van der Waals surface area (Å²) in [5.74, 6) is -1.27. The first kappa shape index (κ1) is 30.5. The van der Waals surface area contributed by atoms with E-state index >= 15 is 0 Å². The van der Waals surface area contributed by atoms with E-state index in [0.717, 1.165) is 16.7 Å². The summed E-state index contributed by atoms with van der Waals surface area (Å²) in [6.07, 6.45) is 1.75. The number of Topliss-reactive ketones (excluding diaryl/α,β-unsaturated/α-hetero) is 1. The van der Waals surface area contributed by atoms with Crippen molar-refractivity contribution >= 4 is 23.5 Å². The number of phenolic OH excluding ortho intramolecular Hbond substituents is 1. The molecule has 9 nitrogen and oxygen atoms in total. The Bertz CT molecular complexity index is 1360. The van der Waals surface area contributed by atoms with Crippen LogP contribution in [0.25, 0.3) is 0 Å². The van der Waals surface area contributed by atoms with Gasteiger partial charge in [-0.25, -0.2) is 0 Å². The van der Waals surface area contributed by atoms with Gasteiger partial charge in [0.25, 0.3) is 0 Å². The number of phenols is 1. The van der Waals surface area contributed by atoms with Gasteiger partial charge in [0.1, 0.15) is 17.8 Å². The minimum absolute atomic E-state index is 0.124. The number of hydrogen-bond donors (Lipinski definition) is 4. The molecule has 3 aromatic rings. The Labute approximate surface area is 246 Å². The fourth-order valence-corrected chi connectivity index (χ4v) is 5.16. The van der Waals surface area contributed by atoms with Gasteiger partial charge < -0.3 is 26.4 Å². The zero-order valence-electron chi connectivity index (χ0n) is 23.7. The first-order valence-corrected chi connectivity index (χ1v) is 14.3. The summed E-state index contributed by atoms with van der Waals surface area (Å²) in [6, 6.07) is 21.8. The summed E-state index contributed by atoms with van der Waals surface area (Å²) < 4.78 is 0. The lowest BCUT2D eigenvalue weighted by Crippen LogP contribution is -2.57. The lowest BCUT2D eigenvalue weighted by atomic mass is 10.0. The molecule has 220 valence electrons. The average Bonchev–Trinajstić information content (AvgIpc) is 3.49. The van der Waals surface area contributed by atoms with Crippen molar-refractivity contribution in [2.24, 2.45) is 5.73 Å². The molecule has 42 heavy (non-hydrogen) atoms. The van der Waals surface area contributed by atoms with Gasteiger partial charge in [0, 0.05) is 19.4 Å². The molecule has 1 fully saturated rings. The summed E-state index contributed by atoms with van der Waals surface area (Å²) in [5, 5.41) is 15.1. The van der Waals surface area contributed by atoms with Gasteiger partial charge in [-0.3, -0.25) is 19.2 Å². The molecule has 0 bridgehead atoms. The number of nitrogens with one attached hydrogen (secondary N) is 2. The molecule has 1 aliphatic heterocycles. The highest BCUT2D eigenvalue weighted by atomic mass is 16.3. The van der Waals surface area contributed by atoms with Crippen molar-refractivity contribution in [2.75, 3.05) is 6.54 Å². The largest absolute Gasteiger partial charge is 0.508 e. The SMILES string of the molecule is C[C@@H](NC(=O)[C@H](Cc1ccccc1)NC(=O)[C@@H]1CCCN1C(=O)[C@@H](N)Cc1ccc(O)cc1)C(=O)Cc1ccccc1. The number of amides is 3. The van der Waals surface area contributed by atoms with Crippen molar-refractivity contribution in [3.63, 3.8) is 0 Å². The third kappa shape index (κ3) is 8.27. The van der Waals surface area contributed by atoms with E-state index in [1.54, 1.807) is 19.1 Å². The molecule has 0 radical (unpaired) electrons. The van der Waals surface area contributed by atoms with Gasteiger partial charge in [-0.15, -0.1) is 0 Å². The second-order valence-corrected chi connectivity index (χ2v) is 10.8. The fraction of sp³-hybridized carbons (Fsp3) is 0.333. The Morgan fingerprint density at radius 2 is 1.45 bits per heavy atom. The molecule has 9 heteroatoms. The van der Waals surface area contributed by atoms with E-state index in [9.17, 15) is 24.3 Å². The maximum absolute atomic E-state index is 13.5. The standard InChI is InChI=1S/C33H38N4O5/c1-22(30(39)21-24-11-6-3-7-12-24)35-31(40)28(20-23-9-4-2-5-10-23)36-32(41)29-13-8-18-37(29)33(42)27(34)19-25-14-16-26(38)17-15-25/h2-7,9-12,14-17,22,27-29,38H,8,13,18-21,34H2,1H3,(H,35,40)(H,36,41)/t22-,27+,28+,29+/m1/s1. The van der Waals surface area contributed by atoms with Crippen LogP contribution in [-0.2, 0) is 38.4 Å². The number of hydrogen-bond acceptors (Lipinski definition) is 6. The van der Waals surface area contributed by atoms with Gasteiger partial charge in [-0.2, -0.15) is 0 Å². The third-order valence-electron chi connectivity index (χ3n) is 7.53. The summed E-state index contributed by atoms with van der Waals surface area (Å²) in [6.45, 7) is 2.03. The van der Waals surface area contributed by atoms with E-state index < -0.39 is 36.0 Å². The minimum Gasteiger partial charge on any atom is -0.508 e. The molecule has 0 unspecified atom stereocenters. The lowest BCUT2D eigenvalue weighted by molar-refractivity contribution is -0.140. The summed E-state index contributed by atoms with van der Waals surface area (Å²) >= 11 is 0. The number of ketones is 1. The average molecular weight is 571 g/mol. The second-order valence-electron chi connectivity index (χ2n) is 10.8. The predicted octanol–water partition coefficient (Wildman–Crippen LogP) is 2.30. The topological polar surface area (TPSA) is 142 Å². The Kier molecular flexibility index (Phi) is 10.4. The second kappa shape index (κ2) is 14.4. The van der Waals surface area contributed by atoms with Gasteiger partial charge in [0.05, 0.1) is 12.1 Å². The van der Waals surface area contributed by atoms with Gasteiger partial charge >= 0.3 is 0 Å². The highest BCUT2D eigenvalue weighted by molar-refractivity contribution is 5.95. The minimum atomic E-state index is -0.949. The van der Waals surface area contributed by atoms with Gasteiger partial charge in [-0.1, -0.05) is 72.8 Å². The molecule has 1 saturated heterocycles. The zero-order chi connectivity index (χ0) is 30.1. The smallest absolute Gasteiger partial charge is 0.243 e. The number of carbonyl (C=O) groups is 4. The number of carbonyl (C=O) groups excluding carboxylic acids is 4. The number of aromatic hydroxyl groups is 1. The molecule has 5 N–H and O–H groups in total. The van der Waals surface area contributed by atoms with Crippen LogP contribution in [0.1, 0.15) is 36.5 Å². The molecule has 3 aromatic carbocycles. The molecule has 3 amide bonds. The first-order chi connectivity index (χ1) is 20.2. The van der Waals surface area contributed by atoms with Crippen molar-refractivity contribution in [1.82, 2.24) is 15.5 Å². The molecule has 0 spiro atoms. The van der Waals surface area contributed by atoms with Gasteiger partial charge in [0.2, 0.25) is 17.7 Å². The van der Waals surface area contributed by atoms with E-state index in [1.165, 1.54) is 17.0 Å². The van der Waals surface area contributed by atoms with Crippen LogP contribution in [0.5, 0.6) is 5.75 Å². The maximum atomic E-state index is 13.5. The normalized spacial score (nSPS) is 16.7. The Morgan fingerprint density at radius 3 is 2.10 bits per heavy atom. The molecule has 1 heterocycles. The predicted molar refractivity (Wildman–Crippen MR) is 159 cm³/mol. The number of nitrogens with zero attached hydrogens (tertiary/aromatic N) is 1. The molecule has 0 saturated carbocycles. The molecule has 0 aromatic heterocycles. The van der Waals surface area contributed by atoms with Crippen LogP contribution in [-0.4, -0.2) is 64.2 Å². The Morgan fingerprint density at radius 1 is 0.857 bits per heavy atom. The summed E-state index contributed by atoms with van der Waals surface area (Å²) in [4.78, 5) is 54.5. The van der Waals surface area contributed by atoms with Crippen molar-refractivity contribution in [2.45, 2.75) is 63.2 Å². The Balaban J connectivity index is 1.42. The number of likely N-dealkylation sites (tertiary alicyclic amines) is 1. The third-order valence-corrected chi connectivity index (χ3v) is 7.53. The zero-order valence-corrected chi connectivity index (χ0v) is 23.7. The van der Waals surface area contributed by atoms with Crippen molar-refractivity contribution in [3.05, 3.63) is 102 Å². The number of nitrogens with two attached hydrogens (primary N) is 1. The van der Waals surface area contributed by atoms with E-state index in [2.05, 4.69) is 10.6 Å². The number of rotatable bonds is 12. The molecule has 4 rings (SSSR count). The highest BCUT2D eigenvalue weighted by Gasteiger charge is 2.37. The fourth-order valence-electron chi connectivity index (χ4n) is 5.16. The van der Waals surface area contributed by atoms with E-state index in [-0.39, 0.29) is 36.7 Å². The van der Waals surface area contributed by atoms with Crippen molar-refractivity contribution in [1.29, 1.82) is 0 Å². The van der Waals surface area contributed by atoms with Crippen molar-refractivity contribution < 1.29 is 24.3 Å². The van der Waals surface area contributed by atoms with Crippen LogP contribution < -0.4 is 16.4 Å². The van der Waals surface area contributed by atoms with Crippen LogP contribution in [0.4, 0.5) is 0 Å². The molecular formula is C33H38N4O5. The monoisotopic (exact) mass is 570 g/mol. The van der Waals surface area contributed by atoms with Crippen LogP contribution in [0.3, 0.4) is 0 Å². The van der Waals surface area contributed by atoms with E-state index in [4.69, 9.17) is 5.73 Å². The molecular weight excluding hydrogens is 532 g/mol. The van der Waals surface area contributed by atoms with Crippen LogP contribution in [0.2, 0.25) is 0 Å². The van der Waals surface area contributed by atoms with Crippen LogP contribution >= 0.6 is 0 Å². The Hall–Kier alpha value is -4.50. The molecule has 4 atom stereocenters. The molecule has 0 aliphatic carbocycles. The van der Waals surface area contributed by atoms with Gasteiger partial charge in [0.15, 0.2) is 5.78 Å². The van der Waals surface area contributed by atoms with E-state index in [1.807, 2.05) is 60.7 Å². The highest BCUT2D eigenvalue weighted by Crippen LogP contribution is 2.20. The maximum Gasteiger partial charge on any atom is 0.243 e. The van der Waals surface area contributed by atoms with E-state index in [0.29, 0.717) is 19.4 Å². The summed E-state index contributed by atoms with van der Waals surface area (Å²) in [7, 11) is 0. The molecule has 1 aliphatic rings. The van der Waals surface area contributed by atoms with Crippen LogP contribution in [0.15, 0.2) is 84.9 Å².